The van der Waals surface area contributed by atoms with Crippen LogP contribution in [0.4, 0.5) is 0 Å². The van der Waals surface area contributed by atoms with E-state index in [1.807, 2.05) is 0 Å². The molecule has 0 amide bonds. The van der Waals surface area contributed by atoms with E-state index in [4.69, 9.17) is 0 Å². The van der Waals surface area contributed by atoms with Gasteiger partial charge in [0.2, 0.25) is 0 Å². The molecule has 0 bridgehead atoms. The summed E-state index contributed by atoms with van der Waals surface area (Å²) in [4.78, 5) is 25.2. The molecule has 106 valence electrons. The van der Waals surface area contributed by atoms with Gasteiger partial charge >= 0.3 is 0 Å². The summed E-state index contributed by atoms with van der Waals surface area (Å²) in [6.07, 6.45) is 2.83. The van der Waals surface area contributed by atoms with Crippen LogP contribution >= 0.6 is 11.3 Å². The van der Waals surface area contributed by atoms with Crippen LogP contribution in [0.2, 0.25) is 0 Å². The number of rotatable bonds is 2. The number of aliphatic carboxylic acids is 1. The molecule has 0 spiro atoms. The highest BCUT2D eigenvalue weighted by Crippen LogP contribution is 2.35. The molecule has 20 heavy (non-hydrogen) atoms. The number of carboxylic acids is 1. The first-order valence-corrected chi connectivity index (χ1v) is 7.41. The third kappa shape index (κ3) is 1.93. The van der Waals surface area contributed by atoms with Crippen molar-refractivity contribution in [2.45, 2.75) is 39.2 Å². The zero-order valence-corrected chi connectivity index (χ0v) is 12.1. The maximum atomic E-state index is 12.5. The van der Waals surface area contributed by atoms with Gasteiger partial charge in [-0.2, -0.15) is 0 Å². The highest BCUT2D eigenvalue weighted by Gasteiger charge is 2.24. The van der Waals surface area contributed by atoms with Gasteiger partial charge in [0.25, 0.3) is 5.56 Å². The van der Waals surface area contributed by atoms with E-state index in [1.54, 1.807) is 0 Å². The van der Waals surface area contributed by atoms with Crippen molar-refractivity contribution in [1.29, 1.82) is 0 Å². The first-order chi connectivity index (χ1) is 9.49. The van der Waals surface area contributed by atoms with Gasteiger partial charge in [-0.15, -0.1) is 16.4 Å². The SMILES string of the molecule is C[C@H]1CCc2c(sc3nnn([C@@H](C)C(=O)[O-])c(=O)c23)C1. The van der Waals surface area contributed by atoms with Crippen molar-refractivity contribution in [3.63, 3.8) is 0 Å². The quantitative estimate of drug-likeness (QED) is 0.793. The molecule has 2 aromatic heterocycles. The summed E-state index contributed by atoms with van der Waals surface area (Å²) in [5, 5.41) is 19.2. The summed E-state index contributed by atoms with van der Waals surface area (Å²) in [7, 11) is 0. The lowest BCUT2D eigenvalue weighted by atomic mass is 9.89. The number of thiophene rings is 1. The molecular formula is C13H14N3O3S-. The molecule has 0 aromatic carbocycles. The molecule has 1 aliphatic carbocycles. The summed E-state index contributed by atoms with van der Waals surface area (Å²) >= 11 is 1.50. The second kappa shape index (κ2) is 4.66. The molecule has 0 fully saturated rings. The second-order valence-electron chi connectivity index (χ2n) is 5.37. The van der Waals surface area contributed by atoms with Crippen LogP contribution in [-0.2, 0) is 17.6 Å². The summed E-state index contributed by atoms with van der Waals surface area (Å²) in [6, 6.07) is -1.11. The van der Waals surface area contributed by atoms with Gasteiger partial charge in [-0.05, 0) is 37.7 Å². The van der Waals surface area contributed by atoms with Gasteiger partial charge in [0.15, 0.2) is 4.83 Å². The van der Waals surface area contributed by atoms with E-state index >= 15 is 0 Å². The van der Waals surface area contributed by atoms with E-state index in [9.17, 15) is 14.7 Å². The Kier molecular flexibility index (Phi) is 3.08. The number of aromatic nitrogens is 3. The minimum atomic E-state index is -1.33. The van der Waals surface area contributed by atoms with Crippen LogP contribution in [0.3, 0.4) is 0 Å². The second-order valence-corrected chi connectivity index (χ2v) is 6.45. The van der Waals surface area contributed by atoms with Gasteiger partial charge in [0.1, 0.15) is 0 Å². The highest BCUT2D eigenvalue weighted by atomic mass is 32.1. The first-order valence-electron chi connectivity index (χ1n) is 6.59. The molecule has 0 saturated carbocycles. The number of hydrogen-bond acceptors (Lipinski definition) is 6. The summed E-state index contributed by atoms with van der Waals surface area (Å²) in [6.45, 7) is 3.56. The number of nitrogens with zero attached hydrogens (tertiary/aromatic N) is 3. The molecule has 2 aromatic rings. The molecule has 0 aliphatic heterocycles. The fraction of sp³-hybridized carbons (Fsp3) is 0.538. The smallest absolute Gasteiger partial charge is 0.279 e. The molecule has 0 unspecified atom stereocenters. The average Bonchev–Trinajstić information content (AvgIpc) is 2.76. The Hall–Kier alpha value is -1.76. The molecule has 2 heterocycles. The van der Waals surface area contributed by atoms with Crippen molar-refractivity contribution in [1.82, 2.24) is 15.0 Å². The van der Waals surface area contributed by atoms with Crippen molar-refractivity contribution in [2.24, 2.45) is 5.92 Å². The Bertz CT molecular complexity index is 749. The minimum Gasteiger partial charge on any atom is -0.548 e. The Morgan fingerprint density at radius 3 is 3.00 bits per heavy atom. The van der Waals surface area contributed by atoms with Gasteiger partial charge in [0.05, 0.1) is 17.4 Å². The molecular weight excluding hydrogens is 278 g/mol. The van der Waals surface area contributed by atoms with Crippen molar-refractivity contribution in [3.05, 3.63) is 20.8 Å². The highest BCUT2D eigenvalue weighted by molar-refractivity contribution is 7.18. The molecule has 2 atom stereocenters. The predicted octanol–water partition coefficient (Wildman–Crippen LogP) is 0.289. The monoisotopic (exact) mass is 292 g/mol. The molecule has 0 saturated heterocycles. The van der Waals surface area contributed by atoms with E-state index in [1.165, 1.54) is 23.1 Å². The standard InChI is InChI=1S/C13H15N3O3S/c1-6-3-4-8-9(5-6)20-11-10(8)12(17)16(15-14-11)7(2)13(18)19/h6-7H,3-5H2,1-2H3,(H,18,19)/p-1/t6-,7-/m0/s1. The van der Waals surface area contributed by atoms with E-state index < -0.39 is 12.0 Å². The van der Waals surface area contributed by atoms with Gasteiger partial charge in [-0.3, -0.25) is 4.79 Å². The van der Waals surface area contributed by atoms with Crippen molar-refractivity contribution < 1.29 is 9.90 Å². The molecule has 7 heteroatoms. The van der Waals surface area contributed by atoms with Crippen molar-refractivity contribution in [3.8, 4) is 0 Å². The number of aryl methyl sites for hydroxylation is 1. The number of carboxylic acid groups (broad SMARTS) is 1. The molecule has 0 N–H and O–H groups in total. The normalized spacial score (nSPS) is 19.8. The maximum absolute atomic E-state index is 12.5. The predicted molar refractivity (Wildman–Crippen MR) is 72.6 cm³/mol. The first kappa shape index (κ1) is 13.2. The Morgan fingerprint density at radius 1 is 1.55 bits per heavy atom. The Labute approximate surface area is 119 Å². The Balaban J connectivity index is 2.23. The van der Waals surface area contributed by atoms with Gasteiger partial charge in [-0.25, -0.2) is 4.68 Å². The minimum absolute atomic E-state index is 0.376. The van der Waals surface area contributed by atoms with E-state index in [2.05, 4.69) is 17.2 Å². The van der Waals surface area contributed by atoms with Gasteiger partial charge in [0, 0.05) is 4.88 Å². The van der Waals surface area contributed by atoms with Crippen LogP contribution in [0, 0.1) is 5.92 Å². The number of carbonyl (C=O) groups excluding carboxylic acids is 1. The van der Waals surface area contributed by atoms with Crippen molar-refractivity contribution in [2.75, 3.05) is 0 Å². The fourth-order valence-corrected chi connectivity index (χ4v) is 3.94. The lowest BCUT2D eigenvalue weighted by Gasteiger charge is -2.18. The van der Waals surface area contributed by atoms with Crippen LogP contribution in [0.5, 0.6) is 0 Å². The third-order valence-electron chi connectivity index (χ3n) is 3.85. The van der Waals surface area contributed by atoms with Crippen LogP contribution in [0.1, 0.15) is 36.8 Å². The zero-order valence-electron chi connectivity index (χ0n) is 11.3. The van der Waals surface area contributed by atoms with Gasteiger partial charge < -0.3 is 9.90 Å². The number of hydrogen-bond donors (Lipinski definition) is 0. The zero-order chi connectivity index (χ0) is 14.4. The molecule has 1 aliphatic rings. The Morgan fingerprint density at radius 2 is 2.30 bits per heavy atom. The molecule has 6 nitrogen and oxygen atoms in total. The third-order valence-corrected chi connectivity index (χ3v) is 4.99. The van der Waals surface area contributed by atoms with E-state index in [0.29, 0.717) is 16.1 Å². The summed E-state index contributed by atoms with van der Waals surface area (Å²) in [5.41, 5.74) is 0.654. The molecule has 0 radical (unpaired) electrons. The van der Waals surface area contributed by atoms with Crippen LogP contribution in [0.25, 0.3) is 10.2 Å². The van der Waals surface area contributed by atoms with E-state index in [0.717, 1.165) is 29.5 Å². The summed E-state index contributed by atoms with van der Waals surface area (Å²) < 4.78 is 0.905. The van der Waals surface area contributed by atoms with Crippen molar-refractivity contribution >= 4 is 27.5 Å². The lowest BCUT2D eigenvalue weighted by molar-refractivity contribution is -0.310. The van der Waals surface area contributed by atoms with Gasteiger partial charge in [-0.1, -0.05) is 12.1 Å². The summed E-state index contributed by atoms with van der Waals surface area (Å²) in [5.74, 6) is -0.730. The topological polar surface area (TPSA) is 87.9 Å². The lowest BCUT2D eigenvalue weighted by Crippen LogP contribution is -2.38. The number of fused-ring (bicyclic) bond motifs is 3. The molecule has 3 rings (SSSR count). The maximum Gasteiger partial charge on any atom is 0.279 e. The van der Waals surface area contributed by atoms with Crippen LogP contribution in [0.15, 0.2) is 4.79 Å². The largest absolute Gasteiger partial charge is 0.548 e. The van der Waals surface area contributed by atoms with Crippen LogP contribution in [-0.4, -0.2) is 21.0 Å². The van der Waals surface area contributed by atoms with E-state index in [-0.39, 0.29) is 5.56 Å². The number of carbonyl (C=O) groups is 1. The fourth-order valence-electron chi connectivity index (χ4n) is 2.62. The average molecular weight is 292 g/mol. The van der Waals surface area contributed by atoms with Crippen LogP contribution < -0.4 is 10.7 Å².